The number of urea groups is 1. The van der Waals surface area contributed by atoms with Gasteiger partial charge in [0.05, 0.1) is 23.2 Å². The molecule has 194 valence electrons. The zero-order valence-corrected chi connectivity index (χ0v) is 21.4. The molecule has 0 radical (unpaired) electrons. The zero-order chi connectivity index (χ0) is 26.9. The number of benzene rings is 4. The van der Waals surface area contributed by atoms with Gasteiger partial charge in [0.1, 0.15) is 17.2 Å². The van der Waals surface area contributed by atoms with Crippen LogP contribution in [0, 0.1) is 5.82 Å². The van der Waals surface area contributed by atoms with Gasteiger partial charge in [0.2, 0.25) is 0 Å². The molecule has 0 bridgehead atoms. The van der Waals surface area contributed by atoms with Crippen molar-refractivity contribution in [3.8, 4) is 11.1 Å². The highest BCUT2D eigenvalue weighted by Crippen LogP contribution is 2.37. The fourth-order valence-electron chi connectivity index (χ4n) is 5.46. The van der Waals surface area contributed by atoms with Crippen molar-refractivity contribution in [1.82, 2.24) is 14.5 Å². The lowest BCUT2D eigenvalue weighted by Crippen LogP contribution is -2.40. The normalized spacial score (nSPS) is 15.1. The molecule has 6 rings (SSSR count). The molecule has 0 fully saturated rings. The first-order chi connectivity index (χ1) is 19.0. The van der Waals surface area contributed by atoms with E-state index < -0.39 is 11.9 Å². The van der Waals surface area contributed by atoms with E-state index in [1.165, 1.54) is 12.1 Å². The maximum atomic E-state index is 14.7. The highest BCUT2D eigenvalue weighted by molar-refractivity contribution is 5.95. The van der Waals surface area contributed by atoms with Crippen LogP contribution >= 0.6 is 0 Å². The van der Waals surface area contributed by atoms with Crippen LogP contribution in [0.4, 0.5) is 14.9 Å². The molecule has 6 nitrogen and oxygen atoms in total. The van der Waals surface area contributed by atoms with E-state index in [1.807, 2.05) is 91.9 Å². The van der Waals surface area contributed by atoms with Gasteiger partial charge < -0.3 is 10.2 Å². The maximum Gasteiger partial charge on any atom is 0.322 e. The van der Waals surface area contributed by atoms with Gasteiger partial charge in [-0.3, -0.25) is 9.36 Å². The number of fused-ring (bicyclic) bond motifs is 2. The standard InChI is InChI=1S/C32H27FN4O2/c1-21(22-11-4-2-5-12-22)37(32(39)34-27-18-9-8-15-24(27)23-13-6-3-7-14-23)28-19-20-36-30(28)35-29-25(31(36)38)16-10-17-26(29)33/h2-18,21,28H,19-20H2,1H3,(H,34,39)/t21-,28?/m0/s1. The number of carbonyl (C=O) groups is 1. The second-order valence-corrected chi connectivity index (χ2v) is 9.70. The molecule has 2 heterocycles. The van der Waals surface area contributed by atoms with Gasteiger partial charge in [0.25, 0.3) is 5.56 Å². The van der Waals surface area contributed by atoms with Crippen LogP contribution in [0.15, 0.2) is 108 Å². The van der Waals surface area contributed by atoms with Gasteiger partial charge in [-0.1, -0.05) is 84.9 Å². The zero-order valence-electron chi connectivity index (χ0n) is 21.4. The highest BCUT2D eigenvalue weighted by Gasteiger charge is 2.37. The molecule has 7 heteroatoms. The first-order valence-electron chi connectivity index (χ1n) is 13.0. The minimum atomic E-state index is -0.553. The van der Waals surface area contributed by atoms with Crippen molar-refractivity contribution >= 4 is 22.6 Å². The maximum absolute atomic E-state index is 14.7. The van der Waals surface area contributed by atoms with Crippen molar-refractivity contribution in [3.05, 3.63) is 131 Å². The van der Waals surface area contributed by atoms with Gasteiger partial charge >= 0.3 is 6.03 Å². The van der Waals surface area contributed by atoms with Crippen molar-refractivity contribution < 1.29 is 9.18 Å². The molecular weight excluding hydrogens is 491 g/mol. The van der Waals surface area contributed by atoms with Crippen LogP contribution in [-0.2, 0) is 6.54 Å². The van der Waals surface area contributed by atoms with Crippen molar-refractivity contribution in [3.63, 3.8) is 0 Å². The predicted molar refractivity (Wildman–Crippen MR) is 151 cm³/mol. The number of halogens is 1. The minimum absolute atomic E-state index is 0.0304. The Bertz CT molecular complexity index is 1720. The van der Waals surface area contributed by atoms with E-state index in [2.05, 4.69) is 10.3 Å². The van der Waals surface area contributed by atoms with E-state index in [0.29, 0.717) is 24.5 Å². The molecule has 0 spiro atoms. The van der Waals surface area contributed by atoms with Crippen LogP contribution in [-0.4, -0.2) is 20.5 Å². The van der Waals surface area contributed by atoms with E-state index in [1.54, 1.807) is 15.5 Å². The van der Waals surface area contributed by atoms with E-state index >= 15 is 0 Å². The van der Waals surface area contributed by atoms with Crippen molar-refractivity contribution in [2.75, 3.05) is 5.32 Å². The van der Waals surface area contributed by atoms with E-state index in [0.717, 1.165) is 16.7 Å². The quantitative estimate of drug-likeness (QED) is 0.274. The number of nitrogens with zero attached hydrogens (tertiary/aromatic N) is 3. The lowest BCUT2D eigenvalue weighted by Gasteiger charge is -2.34. The third kappa shape index (κ3) is 4.46. The van der Waals surface area contributed by atoms with Gasteiger partial charge in [0, 0.05) is 12.1 Å². The SMILES string of the molecule is C[C@@H](c1ccccc1)N(C(=O)Nc1ccccc1-c1ccccc1)C1CCn2c1nc1c(F)cccc1c2=O. The van der Waals surface area contributed by atoms with E-state index in [-0.39, 0.29) is 28.5 Å². The fraction of sp³-hybridized carbons (Fsp3) is 0.156. The monoisotopic (exact) mass is 518 g/mol. The Balaban J connectivity index is 1.44. The third-order valence-electron chi connectivity index (χ3n) is 7.41. The van der Waals surface area contributed by atoms with Gasteiger partial charge in [-0.15, -0.1) is 0 Å². The predicted octanol–water partition coefficient (Wildman–Crippen LogP) is 6.94. The van der Waals surface area contributed by atoms with Gasteiger partial charge in [-0.25, -0.2) is 14.2 Å². The molecule has 1 N–H and O–H groups in total. The molecule has 5 aromatic rings. The molecule has 1 unspecified atom stereocenters. The van der Waals surface area contributed by atoms with Gasteiger partial charge in [-0.05, 0) is 42.7 Å². The molecule has 4 aromatic carbocycles. The fourth-order valence-corrected chi connectivity index (χ4v) is 5.46. The smallest absolute Gasteiger partial charge is 0.308 e. The molecule has 0 saturated carbocycles. The summed E-state index contributed by atoms with van der Waals surface area (Å²) in [6, 6.07) is 30.5. The number of nitrogens with one attached hydrogen (secondary N) is 1. The summed E-state index contributed by atoms with van der Waals surface area (Å²) in [6.07, 6.45) is 0.491. The summed E-state index contributed by atoms with van der Waals surface area (Å²) < 4.78 is 16.3. The minimum Gasteiger partial charge on any atom is -0.308 e. The van der Waals surface area contributed by atoms with Crippen LogP contribution in [0.25, 0.3) is 22.0 Å². The van der Waals surface area contributed by atoms with Gasteiger partial charge in [0.15, 0.2) is 0 Å². The molecule has 39 heavy (non-hydrogen) atoms. The average molecular weight is 519 g/mol. The summed E-state index contributed by atoms with van der Waals surface area (Å²) in [5.41, 5.74) is 3.23. The molecule has 1 aliphatic heterocycles. The van der Waals surface area contributed by atoms with Crippen LogP contribution < -0.4 is 10.9 Å². The van der Waals surface area contributed by atoms with E-state index in [4.69, 9.17) is 0 Å². The van der Waals surface area contributed by atoms with Crippen molar-refractivity contribution in [1.29, 1.82) is 0 Å². The first-order valence-corrected chi connectivity index (χ1v) is 13.0. The topological polar surface area (TPSA) is 67.2 Å². The number of hydrogen-bond donors (Lipinski definition) is 1. The Morgan fingerprint density at radius 2 is 1.64 bits per heavy atom. The number of para-hydroxylation sites is 2. The second kappa shape index (κ2) is 10.2. The lowest BCUT2D eigenvalue weighted by atomic mass is 10.0. The molecule has 0 aliphatic carbocycles. The summed E-state index contributed by atoms with van der Waals surface area (Å²) in [7, 11) is 0. The Labute approximate surface area is 225 Å². The molecule has 2 atom stereocenters. The molecule has 2 amide bonds. The van der Waals surface area contributed by atoms with Crippen LogP contribution in [0.5, 0.6) is 0 Å². The van der Waals surface area contributed by atoms with Crippen molar-refractivity contribution in [2.45, 2.75) is 32.0 Å². The molecule has 1 aliphatic rings. The van der Waals surface area contributed by atoms with Crippen molar-refractivity contribution in [2.24, 2.45) is 0 Å². The highest BCUT2D eigenvalue weighted by atomic mass is 19.1. The first kappa shape index (κ1) is 24.6. The number of aromatic nitrogens is 2. The Morgan fingerprint density at radius 3 is 2.41 bits per heavy atom. The average Bonchev–Trinajstić information content (AvgIpc) is 3.39. The Kier molecular flexibility index (Phi) is 6.40. The lowest BCUT2D eigenvalue weighted by molar-refractivity contribution is 0.159. The summed E-state index contributed by atoms with van der Waals surface area (Å²) >= 11 is 0. The number of rotatable bonds is 5. The Hall–Kier alpha value is -4.78. The molecular formula is C32H27FN4O2. The number of carbonyl (C=O) groups excluding carboxylic acids is 1. The summed E-state index contributed by atoms with van der Waals surface area (Å²) in [5, 5.41) is 3.37. The summed E-state index contributed by atoms with van der Waals surface area (Å²) in [6.45, 7) is 2.35. The number of hydrogen-bond acceptors (Lipinski definition) is 3. The third-order valence-corrected chi connectivity index (χ3v) is 7.41. The van der Waals surface area contributed by atoms with Crippen LogP contribution in [0.3, 0.4) is 0 Å². The number of amides is 2. The second-order valence-electron chi connectivity index (χ2n) is 9.70. The van der Waals surface area contributed by atoms with Crippen LogP contribution in [0.2, 0.25) is 0 Å². The Morgan fingerprint density at radius 1 is 0.949 bits per heavy atom. The molecule has 1 aromatic heterocycles. The number of anilines is 1. The van der Waals surface area contributed by atoms with E-state index in [9.17, 15) is 14.0 Å². The summed E-state index contributed by atoms with van der Waals surface area (Å²) in [5.74, 6) is -0.158. The molecule has 0 saturated heterocycles. The van der Waals surface area contributed by atoms with Gasteiger partial charge in [-0.2, -0.15) is 0 Å². The van der Waals surface area contributed by atoms with Crippen LogP contribution in [0.1, 0.15) is 36.8 Å². The largest absolute Gasteiger partial charge is 0.322 e. The summed E-state index contributed by atoms with van der Waals surface area (Å²) in [4.78, 5) is 33.8.